The van der Waals surface area contributed by atoms with Gasteiger partial charge in [-0.15, -0.1) is 0 Å². The van der Waals surface area contributed by atoms with Gasteiger partial charge in [0, 0.05) is 48.3 Å². The van der Waals surface area contributed by atoms with Crippen LogP contribution in [0.2, 0.25) is 0 Å². The summed E-state index contributed by atoms with van der Waals surface area (Å²) in [6, 6.07) is 9.65. The molecule has 0 fully saturated rings. The third kappa shape index (κ3) is 3.75. The zero-order valence-corrected chi connectivity index (χ0v) is 9.72. The Bertz CT molecular complexity index is 476. The highest BCUT2D eigenvalue weighted by Gasteiger charge is 1.93. The van der Waals surface area contributed by atoms with Gasteiger partial charge in [0.2, 0.25) is 0 Å². The van der Waals surface area contributed by atoms with E-state index in [0.717, 1.165) is 11.1 Å². The summed E-state index contributed by atoms with van der Waals surface area (Å²) < 4.78 is 0. The summed E-state index contributed by atoms with van der Waals surface area (Å²) in [5.41, 5.74) is 2.20. The van der Waals surface area contributed by atoms with E-state index in [1.165, 1.54) is 6.33 Å². The third-order valence-corrected chi connectivity index (χ3v) is 2.13. The van der Waals surface area contributed by atoms with E-state index in [1.807, 2.05) is 36.7 Å². The Morgan fingerprint density at radius 2 is 1.06 bits per heavy atom. The Morgan fingerprint density at radius 3 is 1.33 bits per heavy atom. The standard InChI is InChI=1S/C10H8N2.C4H4N2/c1-3-9(7-11-5-1)10-4-2-6-12-8-10;1-2-5-4-6-3-1/h1-8H;1-4H. The largest absolute Gasteiger partial charge is 0.264 e. The lowest BCUT2D eigenvalue weighted by Gasteiger charge is -1.97. The van der Waals surface area contributed by atoms with Gasteiger partial charge in [-0.1, -0.05) is 12.1 Å². The highest BCUT2D eigenvalue weighted by Crippen LogP contribution is 2.14. The second-order valence-corrected chi connectivity index (χ2v) is 3.39. The highest BCUT2D eigenvalue weighted by atomic mass is 14.8. The Hall–Kier alpha value is -2.62. The second-order valence-electron chi connectivity index (χ2n) is 3.39. The molecule has 4 heteroatoms. The van der Waals surface area contributed by atoms with Crippen LogP contribution in [0.3, 0.4) is 0 Å². The SMILES string of the molecule is c1cncc(-c2cccnc2)c1.c1cncnc1. The molecule has 0 saturated carbocycles. The normalized spacial score (nSPS) is 9.11. The summed E-state index contributed by atoms with van der Waals surface area (Å²) in [7, 11) is 0. The van der Waals surface area contributed by atoms with Crippen molar-refractivity contribution in [2.75, 3.05) is 0 Å². The van der Waals surface area contributed by atoms with Crippen molar-refractivity contribution >= 4 is 0 Å². The Kier molecular flexibility index (Phi) is 4.51. The van der Waals surface area contributed by atoms with Crippen LogP contribution in [-0.2, 0) is 0 Å². The van der Waals surface area contributed by atoms with Crippen LogP contribution in [-0.4, -0.2) is 19.9 Å². The van der Waals surface area contributed by atoms with Crippen molar-refractivity contribution in [3.8, 4) is 11.1 Å². The molecule has 0 amide bonds. The van der Waals surface area contributed by atoms with Gasteiger partial charge in [-0.25, -0.2) is 9.97 Å². The fraction of sp³-hybridized carbons (Fsp3) is 0. The monoisotopic (exact) mass is 236 g/mol. The van der Waals surface area contributed by atoms with Crippen LogP contribution in [0.25, 0.3) is 11.1 Å². The first kappa shape index (κ1) is 11.9. The molecule has 0 N–H and O–H groups in total. The molecule has 0 aliphatic rings. The van der Waals surface area contributed by atoms with Crippen LogP contribution < -0.4 is 0 Å². The maximum atomic E-state index is 4.03. The quantitative estimate of drug-likeness (QED) is 0.651. The fourth-order valence-corrected chi connectivity index (χ4v) is 1.32. The molecule has 0 atom stereocenters. The van der Waals surface area contributed by atoms with Gasteiger partial charge < -0.3 is 0 Å². The predicted octanol–water partition coefficient (Wildman–Crippen LogP) is 2.62. The number of hydrogen-bond donors (Lipinski definition) is 0. The van der Waals surface area contributed by atoms with E-state index in [0.29, 0.717) is 0 Å². The molecule has 3 heterocycles. The third-order valence-electron chi connectivity index (χ3n) is 2.13. The smallest absolute Gasteiger partial charge is 0.115 e. The van der Waals surface area contributed by atoms with Crippen molar-refractivity contribution in [3.05, 3.63) is 73.8 Å². The van der Waals surface area contributed by atoms with Crippen LogP contribution in [0.4, 0.5) is 0 Å². The van der Waals surface area contributed by atoms with Gasteiger partial charge in [0.05, 0.1) is 0 Å². The van der Waals surface area contributed by atoms with Crippen molar-refractivity contribution in [2.24, 2.45) is 0 Å². The van der Waals surface area contributed by atoms with Gasteiger partial charge >= 0.3 is 0 Å². The van der Waals surface area contributed by atoms with Crippen LogP contribution >= 0.6 is 0 Å². The maximum Gasteiger partial charge on any atom is 0.115 e. The first-order chi connectivity index (χ1) is 8.97. The van der Waals surface area contributed by atoms with Crippen LogP contribution in [0, 0.1) is 0 Å². The Labute approximate surface area is 105 Å². The lowest BCUT2D eigenvalue weighted by Crippen LogP contribution is -1.79. The Balaban J connectivity index is 0.000000169. The second kappa shape index (κ2) is 6.85. The summed E-state index contributed by atoms with van der Waals surface area (Å²) in [5.74, 6) is 0. The van der Waals surface area contributed by atoms with Gasteiger partial charge in [-0.2, -0.15) is 0 Å². The summed E-state index contributed by atoms with van der Waals surface area (Å²) in [6.45, 7) is 0. The van der Waals surface area contributed by atoms with E-state index >= 15 is 0 Å². The molecule has 88 valence electrons. The van der Waals surface area contributed by atoms with E-state index in [2.05, 4.69) is 19.9 Å². The summed E-state index contributed by atoms with van der Waals surface area (Å²) in [6.07, 6.45) is 12.1. The summed E-state index contributed by atoms with van der Waals surface area (Å²) >= 11 is 0. The Morgan fingerprint density at radius 1 is 0.556 bits per heavy atom. The van der Waals surface area contributed by atoms with Gasteiger partial charge in [-0.05, 0) is 18.2 Å². The zero-order valence-electron chi connectivity index (χ0n) is 9.72. The number of pyridine rings is 2. The van der Waals surface area contributed by atoms with Gasteiger partial charge in [0.25, 0.3) is 0 Å². The molecule has 3 rings (SSSR count). The number of nitrogens with zero attached hydrogens (tertiary/aromatic N) is 4. The molecular weight excluding hydrogens is 224 g/mol. The molecule has 3 aromatic rings. The van der Waals surface area contributed by atoms with Crippen molar-refractivity contribution < 1.29 is 0 Å². The van der Waals surface area contributed by atoms with Gasteiger partial charge in [0.1, 0.15) is 6.33 Å². The number of aromatic nitrogens is 4. The van der Waals surface area contributed by atoms with Crippen molar-refractivity contribution in [2.45, 2.75) is 0 Å². The highest BCUT2D eigenvalue weighted by molar-refractivity contribution is 5.60. The average molecular weight is 236 g/mol. The van der Waals surface area contributed by atoms with Gasteiger partial charge in [-0.3, -0.25) is 9.97 Å². The van der Waals surface area contributed by atoms with Crippen LogP contribution in [0.15, 0.2) is 73.8 Å². The molecule has 0 spiro atoms. The van der Waals surface area contributed by atoms with E-state index in [4.69, 9.17) is 0 Å². The first-order valence-electron chi connectivity index (χ1n) is 5.47. The van der Waals surface area contributed by atoms with E-state index in [9.17, 15) is 0 Å². The molecule has 0 aromatic carbocycles. The topological polar surface area (TPSA) is 51.6 Å². The average Bonchev–Trinajstić information content (AvgIpc) is 2.51. The van der Waals surface area contributed by atoms with Crippen LogP contribution in [0.5, 0.6) is 0 Å². The number of hydrogen-bond acceptors (Lipinski definition) is 4. The molecule has 3 aromatic heterocycles. The molecule has 0 bridgehead atoms. The molecule has 0 aliphatic carbocycles. The predicted molar refractivity (Wildman–Crippen MR) is 69.5 cm³/mol. The summed E-state index contributed by atoms with van der Waals surface area (Å²) in [4.78, 5) is 15.4. The molecular formula is C14H12N4. The van der Waals surface area contributed by atoms with E-state index in [-0.39, 0.29) is 0 Å². The molecule has 0 unspecified atom stereocenters. The fourth-order valence-electron chi connectivity index (χ4n) is 1.32. The van der Waals surface area contributed by atoms with E-state index < -0.39 is 0 Å². The molecule has 0 aliphatic heterocycles. The minimum Gasteiger partial charge on any atom is -0.264 e. The molecule has 18 heavy (non-hydrogen) atoms. The van der Waals surface area contributed by atoms with E-state index in [1.54, 1.807) is 30.9 Å². The molecule has 4 nitrogen and oxygen atoms in total. The minimum atomic E-state index is 1.10. The number of rotatable bonds is 1. The zero-order chi connectivity index (χ0) is 12.5. The van der Waals surface area contributed by atoms with Gasteiger partial charge in [0.15, 0.2) is 0 Å². The first-order valence-corrected chi connectivity index (χ1v) is 5.47. The maximum absolute atomic E-state index is 4.03. The van der Waals surface area contributed by atoms with Crippen molar-refractivity contribution in [3.63, 3.8) is 0 Å². The lowest BCUT2D eigenvalue weighted by atomic mass is 10.1. The van der Waals surface area contributed by atoms with Crippen LogP contribution in [0.1, 0.15) is 0 Å². The molecule has 0 saturated heterocycles. The molecule has 0 radical (unpaired) electrons. The minimum absolute atomic E-state index is 1.10. The summed E-state index contributed by atoms with van der Waals surface area (Å²) in [5, 5.41) is 0. The lowest BCUT2D eigenvalue weighted by molar-refractivity contribution is 1.17. The van der Waals surface area contributed by atoms with Crippen molar-refractivity contribution in [1.29, 1.82) is 0 Å². The van der Waals surface area contributed by atoms with Crippen molar-refractivity contribution in [1.82, 2.24) is 19.9 Å².